The number of rotatable bonds is 1. The van der Waals surface area contributed by atoms with E-state index in [9.17, 15) is 4.79 Å². The molecule has 2 aromatic rings. The van der Waals surface area contributed by atoms with Crippen LogP contribution in [-0.4, -0.2) is 41.3 Å². The molecule has 2 aromatic heterocycles. The van der Waals surface area contributed by atoms with E-state index in [1.165, 1.54) is 0 Å². The van der Waals surface area contributed by atoms with Crippen molar-refractivity contribution in [3.8, 4) is 0 Å². The molecular formula is C15H18N4O2S. The Morgan fingerprint density at radius 3 is 3.09 bits per heavy atom. The number of thiophene rings is 1. The number of hydrogen-bond donors (Lipinski definition) is 1. The van der Waals surface area contributed by atoms with Gasteiger partial charge in [0.15, 0.2) is 0 Å². The van der Waals surface area contributed by atoms with Crippen molar-refractivity contribution >= 4 is 33.5 Å². The van der Waals surface area contributed by atoms with Crippen LogP contribution in [0.25, 0.3) is 10.2 Å². The fraction of sp³-hybridized carbons (Fsp3) is 0.533. The first-order valence-corrected chi connectivity index (χ1v) is 8.47. The summed E-state index contributed by atoms with van der Waals surface area (Å²) in [5.41, 5.74) is -0.332. The van der Waals surface area contributed by atoms with Crippen molar-refractivity contribution in [1.29, 1.82) is 0 Å². The zero-order valence-corrected chi connectivity index (χ0v) is 13.3. The lowest BCUT2D eigenvalue weighted by molar-refractivity contribution is 0.0473. The molecule has 1 spiro atoms. The molecule has 1 amide bonds. The maximum absolute atomic E-state index is 11.4. The van der Waals surface area contributed by atoms with Gasteiger partial charge in [-0.1, -0.05) is 0 Å². The standard InChI is InChI=1S/C15H18N4O2S/c1-10-17-12(11-3-8-22-13(11)18-10)19-6-2-4-15(5-7-19)9-16-14(20)21-15/h3,8H,2,4-7,9H2,1H3,(H,16,20). The van der Waals surface area contributed by atoms with Crippen LogP contribution in [0.1, 0.15) is 25.1 Å². The Labute approximate surface area is 132 Å². The molecule has 0 radical (unpaired) electrons. The Balaban J connectivity index is 1.63. The molecule has 7 heteroatoms. The molecule has 2 fully saturated rings. The minimum Gasteiger partial charge on any atom is -0.441 e. The second-order valence-corrected chi connectivity index (χ2v) is 6.90. The maximum Gasteiger partial charge on any atom is 0.407 e. The Kier molecular flexibility index (Phi) is 3.18. The third kappa shape index (κ3) is 2.29. The van der Waals surface area contributed by atoms with Crippen molar-refractivity contribution in [3.63, 3.8) is 0 Å². The highest BCUT2D eigenvalue weighted by atomic mass is 32.1. The van der Waals surface area contributed by atoms with Gasteiger partial charge in [0.25, 0.3) is 0 Å². The fourth-order valence-electron chi connectivity index (χ4n) is 3.34. The molecule has 0 aromatic carbocycles. The lowest BCUT2D eigenvalue weighted by Crippen LogP contribution is -2.35. The number of carbonyl (C=O) groups excluding carboxylic acids is 1. The van der Waals surface area contributed by atoms with E-state index in [1.807, 2.05) is 6.92 Å². The lowest BCUT2D eigenvalue weighted by Gasteiger charge is -2.25. The van der Waals surface area contributed by atoms with Crippen molar-refractivity contribution in [2.45, 2.75) is 31.8 Å². The molecule has 6 nitrogen and oxygen atoms in total. The van der Waals surface area contributed by atoms with Crippen LogP contribution in [0.2, 0.25) is 0 Å². The molecule has 4 rings (SSSR count). The van der Waals surface area contributed by atoms with E-state index in [1.54, 1.807) is 11.3 Å². The molecular weight excluding hydrogens is 300 g/mol. The van der Waals surface area contributed by atoms with E-state index in [0.29, 0.717) is 6.54 Å². The van der Waals surface area contributed by atoms with Gasteiger partial charge in [0.05, 0.1) is 11.9 Å². The topological polar surface area (TPSA) is 67.4 Å². The normalized spacial score (nSPS) is 25.3. The second kappa shape index (κ2) is 5.08. The first-order chi connectivity index (χ1) is 10.7. The first kappa shape index (κ1) is 13.8. The van der Waals surface area contributed by atoms with Crippen molar-refractivity contribution < 1.29 is 9.53 Å². The monoisotopic (exact) mass is 318 g/mol. The lowest BCUT2D eigenvalue weighted by atomic mass is 9.95. The molecule has 1 atom stereocenters. The van der Waals surface area contributed by atoms with Crippen LogP contribution < -0.4 is 10.2 Å². The summed E-state index contributed by atoms with van der Waals surface area (Å²) < 4.78 is 5.54. The number of nitrogens with one attached hydrogen (secondary N) is 1. The third-order valence-electron chi connectivity index (χ3n) is 4.48. The second-order valence-electron chi connectivity index (χ2n) is 6.00. The minimum absolute atomic E-state index is 0.286. The molecule has 2 saturated heterocycles. The molecule has 1 unspecified atom stereocenters. The Morgan fingerprint density at radius 2 is 2.27 bits per heavy atom. The van der Waals surface area contributed by atoms with Crippen LogP contribution in [0, 0.1) is 6.92 Å². The predicted octanol–water partition coefficient (Wildman–Crippen LogP) is 2.47. The summed E-state index contributed by atoms with van der Waals surface area (Å²) in [6.07, 6.45) is 2.44. The third-order valence-corrected chi connectivity index (χ3v) is 5.28. The van der Waals surface area contributed by atoms with Gasteiger partial charge in [-0.3, -0.25) is 0 Å². The Hall–Kier alpha value is -1.89. The van der Waals surface area contributed by atoms with Gasteiger partial charge in [-0.05, 0) is 31.2 Å². The molecule has 0 saturated carbocycles. The van der Waals surface area contributed by atoms with Crippen molar-refractivity contribution in [2.75, 3.05) is 24.5 Å². The maximum atomic E-state index is 11.4. The van der Waals surface area contributed by atoms with E-state index < -0.39 is 0 Å². The fourth-order valence-corrected chi connectivity index (χ4v) is 4.15. The minimum atomic E-state index is -0.332. The zero-order chi connectivity index (χ0) is 15.2. The number of aromatic nitrogens is 2. The number of aryl methyl sites for hydroxylation is 1. The quantitative estimate of drug-likeness (QED) is 0.875. The highest BCUT2D eigenvalue weighted by molar-refractivity contribution is 7.16. The summed E-state index contributed by atoms with van der Waals surface area (Å²) in [7, 11) is 0. The van der Waals surface area contributed by atoms with Gasteiger partial charge in [-0.15, -0.1) is 11.3 Å². The number of nitrogens with zero attached hydrogens (tertiary/aromatic N) is 3. The highest BCUT2D eigenvalue weighted by Crippen LogP contribution is 2.33. The van der Waals surface area contributed by atoms with Crippen molar-refractivity contribution in [2.24, 2.45) is 0 Å². The Bertz CT molecular complexity index is 731. The van der Waals surface area contributed by atoms with Crippen LogP contribution in [0.3, 0.4) is 0 Å². The van der Waals surface area contributed by atoms with E-state index in [-0.39, 0.29) is 11.7 Å². The van der Waals surface area contributed by atoms with Crippen molar-refractivity contribution in [1.82, 2.24) is 15.3 Å². The van der Waals surface area contributed by atoms with Gasteiger partial charge in [0, 0.05) is 19.5 Å². The van der Waals surface area contributed by atoms with Crippen LogP contribution in [-0.2, 0) is 4.74 Å². The van der Waals surface area contributed by atoms with Gasteiger partial charge in [0.2, 0.25) is 0 Å². The average molecular weight is 318 g/mol. The van der Waals surface area contributed by atoms with E-state index in [0.717, 1.165) is 54.2 Å². The van der Waals surface area contributed by atoms with E-state index >= 15 is 0 Å². The number of amides is 1. The summed E-state index contributed by atoms with van der Waals surface area (Å²) in [6.45, 7) is 4.33. The molecule has 116 valence electrons. The molecule has 2 aliphatic rings. The zero-order valence-electron chi connectivity index (χ0n) is 12.5. The number of anilines is 1. The number of carbonyl (C=O) groups is 1. The van der Waals surface area contributed by atoms with Gasteiger partial charge in [0.1, 0.15) is 22.1 Å². The number of ether oxygens (including phenoxy) is 1. The van der Waals surface area contributed by atoms with Crippen LogP contribution in [0.4, 0.5) is 10.6 Å². The largest absolute Gasteiger partial charge is 0.441 e. The summed E-state index contributed by atoms with van der Waals surface area (Å²) in [4.78, 5) is 23.9. The summed E-state index contributed by atoms with van der Waals surface area (Å²) >= 11 is 1.65. The molecule has 0 bridgehead atoms. The SMILES string of the molecule is Cc1nc(N2CCCC3(CC2)CNC(=O)O3)c2ccsc2n1. The average Bonchev–Trinajstić information content (AvgIpc) is 3.03. The molecule has 2 aliphatic heterocycles. The number of hydrogen-bond acceptors (Lipinski definition) is 6. The first-order valence-electron chi connectivity index (χ1n) is 7.59. The summed E-state index contributed by atoms with van der Waals surface area (Å²) in [6, 6.07) is 2.09. The van der Waals surface area contributed by atoms with Gasteiger partial charge in [-0.2, -0.15) is 0 Å². The molecule has 0 aliphatic carbocycles. The van der Waals surface area contributed by atoms with E-state index in [4.69, 9.17) is 4.74 Å². The highest BCUT2D eigenvalue weighted by Gasteiger charge is 2.41. The molecule has 1 N–H and O–H groups in total. The number of fused-ring (bicyclic) bond motifs is 1. The van der Waals surface area contributed by atoms with Gasteiger partial charge in [-0.25, -0.2) is 14.8 Å². The summed E-state index contributed by atoms with van der Waals surface area (Å²) in [5, 5.41) is 5.97. The van der Waals surface area contributed by atoms with Crippen LogP contribution in [0.5, 0.6) is 0 Å². The van der Waals surface area contributed by atoms with E-state index in [2.05, 4.69) is 31.6 Å². The van der Waals surface area contributed by atoms with Crippen LogP contribution in [0.15, 0.2) is 11.4 Å². The number of alkyl carbamates (subject to hydrolysis) is 1. The Morgan fingerprint density at radius 1 is 1.36 bits per heavy atom. The smallest absolute Gasteiger partial charge is 0.407 e. The predicted molar refractivity (Wildman–Crippen MR) is 85.4 cm³/mol. The molecule has 4 heterocycles. The van der Waals surface area contributed by atoms with Crippen molar-refractivity contribution in [3.05, 3.63) is 17.3 Å². The molecule has 22 heavy (non-hydrogen) atoms. The summed E-state index contributed by atoms with van der Waals surface area (Å²) in [5.74, 6) is 1.82. The van der Waals surface area contributed by atoms with Crippen LogP contribution >= 0.6 is 11.3 Å². The van der Waals surface area contributed by atoms with Gasteiger partial charge >= 0.3 is 6.09 Å². The van der Waals surface area contributed by atoms with Gasteiger partial charge < -0.3 is 15.0 Å².